The second-order valence-corrected chi connectivity index (χ2v) is 4.76. The average Bonchev–Trinajstić information content (AvgIpc) is 2.99. The first kappa shape index (κ1) is 14.8. The van der Waals surface area contributed by atoms with Crippen LogP contribution in [-0.2, 0) is 4.74 Å². The summed E-state index contributed by atoms with van der Waals surface area (Å²) in [5.41, 5.74) is 1.99. The van der Waals surface area contributed by atoms with E-state index in [4.69, 9.17) is 9.15 Å². The highest BCUT2D eigenvalue weighted by Gasteiger charge is 2.21. The van der Waals surface area contributed by atoms with E-state index in [0.717, 1.165) is 5.76 Å². The van der Waals surface area contributed by atoms with Crippen molar-refractivity contribution in [3.05, 3.63) is 52.2 Å². The fourth-order valence-electron chi connectivity index (χ4n) is 2.19. The number of carbonyl (C=O) groups is 2. The van der Waals surface area contributed by atoms with Gasteiger partial charge in [-0.15, -0.1) is 0 Å². The van der Waals surface area contributed by atoms with Gasteiger partial charge in [0.05, 0.1) is 18.4 Å². The first-order valence-electron chi connectivity index (χ1n) is 6.50. The van der Waals surface area contributed by atoms with E-state index in [-0.39, 0.29) is 5.78 Å². The molecular weight excluding hydrogens is 270 g/mol. The molecule has 1 N–H and O–H groups in total. The molecule has 2 aromatic rings. The number of furan rings is 1. The van der Waals surface area contributed by atoms with E-state index in [1.165, 1.54) is 13.2 Å². The maximum atomic E-state index is 12.2. The largest absolute Gasteiger partial charge is 0.465 e. The molecule has 0 radical (unpaired) electrons. The van der Waals surface area contributed by atoms with E-state index in [0.29, 0.717) is 28.3 Å². The minimum atomic E-state index is -0.453. The van der Waals surface area contributed by atoms with Crippen molar-refractivity contribution in [1.29, 1.82) is 0 Å². The average molecular weight is 287 g/mol. The Balaban J connectivity index is 2.28. The summed E-state index contributed by atoms with van der Waals surface area (Å²) in [6.45, 7) is 5.28. The van der Waals surface area contributed by atoms with Crippen molar-refractivity contribution in [2.45, 2.75) is 20.8 Å². The number of nitrogens with one attached hydrogen (secondary N) is 1. The van der Waals surface area contributed by atoms with Crippen molar-refractivity contribution in [2.24, 2.45) is 0 Å². The van der Waals surface area contributed by atoms with Crippen molar-refractivity contribution in [1.82, 2.24) is 4.98 Å². The van der Waals surface area contributed by atoms with Gasteiger partial charge in [0, 0.05) is 5.69 Å². The highest BCUT2D eigenvalue weighted by Crippen LogP contribution is 2.20. The molecule has 0 bridgehead atoms. The number of ether oxygens (including phenoxy) is 1. The molecule has 0 spiro atoms. The molecule has 5 nitrogen and oxygen atoms in total. The summed E-state index contributed by atoms with van der Waals surface area (Å²) in [6.07, 6.45) is 3.01. The lowest BCUT2D eigenvalue weighted by atomic mass is 10.1. The summed E-state index contributed by atoms with van der Waals surface area (Å²) < 4.78 is 10.1. The number of esters is 1. The van der Waals surface area contributed by atoms with Crippen molar-refractivity contribution in [3.8, 4) is 0 Å². The molecule has 2 rings (SSSR count). The molecule has 0 amide bonds. The molecule has 0 aliphatic carbocycles. The molecule has 2 aromatic heterocycles. The van der Waals surface area contributed by atoms with Crippen LogP contribution in [0, 0.1) is 20.8 Å². The number of aromatic amines is 1. The van der Waals surface area contributed by atoms with Gasteiger partial charge in [-0.3, -0.25) is 4.79 Å². The van der Waals surface area contributed by atoms with E-state index < -0.39 is 5.97 Å². The Labute approximate surface area is 122 Å². The topological polar surface area (TPSA) is 72.3 Å². The Bertz CT molecular complexity index is 719. The third kappa shape index (κ3) is 2.97. The molecule has 0 aliphatic rings. The van der Waals surface area contributed by atoms with Crippen LogP contribution in [0.5, 0.6) is 0 Å². The molecule has 2 heterocycles. The normalized spacial score (nSPS) is 11.0. The molecule has 0 fully saturated rings. The van der Waals surface area contributed by atoms with Crippen molar-refractivity contribution in [2.75, 3.05) is 7.11 Å². The van der Waals surface area contributed by atoms with Crippen LogP contribution in [0.4, 0.5) is 0 Å². The van der Waals surface area contributed by atoms with Gasteiger partial charge in [0.25, 0.3) is 0 Å². The summed E-state index contributed by atoms with van der Waals surface area (Å²) in [4.78, 5) is 26.8. The molecular formula is C16H17NO4. The third-order valence-corrected chi connectivity index (χ3v) is 3.23. The molecule has 5 heteroatoms. The first-order valence-corrected chi connectivity index (χ1v) is 6.50. The SMILES string of the molecule is COC(=O)c1c(C)[nH]c(C(=O)C=Cc2ccc(C)o2)c1C. The number of hydrogen-bond acceptors (Lipinski definition) is 4. The van der Waals surface area contributed by atoms with E-state index in [9.17, 15) is 9.59 Å². The van der Waals surface area contributed by atoms with Crippen LogP contribution in [-0.4, -0.2) is 23.8 Å². The number of allylic oxidation sites excluding steroid dienone is 1. The van der Waals surface area contributed by atoms with Gasteiger partial charge in [0.2, 0.25) is 5.78 Å². The van der Waals surface area contributed by atoms with Gasteiger partial charge in [-0.2, -0.15) is 0 Å². The van der Waals surface area contributed by atoms with Crippen LogP contribution >= 0.6 is 0 Å². The van der Waals surface area contributed by atoms with E-state index >= 15 is 0 Å². The summed E-state index contributed by atoms with van der Waals surface area (Å²) >= 11 is 0. The van der Waals surface area contributed by atoms with Gasteiger partial charge < -0.3 is 14.1 Å². The maximum absolute atomic E-state index is 12.2. The fourth-order valence-corrected chi connectivity index (χ4v) is 2.19. The fraction of sp³-hybridized carbons (Fsp3) is 0.250. The van der Waals surface area contributed by atoms with Crippen molar-refractivity contribution in [3.63, 3.8) is 0 Å². The number of H-pyrrole nitrogens is 1. The van der Waals surface area contributed by atoms with Crippen molar-refractivity contribution >= 4 is 17.8 Å². The minimum Gasteiger partial charge on any atom is -0.465 e. The highest BCUT2D eigenvalue weighted by atomic mass is 16.5. The molecule has 21 heavy (non-hydrogen) atoms. The van der Waals surface area contributed by atoms with Gasteiger partial charge in [-0.05, 0) is 50.6 Å². The third-order valence-electron chi connectivity index (χ3n) is 3.23. The Morgan fingerprint density at radius 3 is 2.52 bits per heavy atom. The zero-order valence-corrected chi connectivity index (χ0v) is 12.4. The number of aromatic nitrogens is 1. The predicted molar refractivity (Wildman–Crippen MR) is 78.4 cm³/mol. The van der Waals surface area contributed by atoms with Crippen LogP contribution in [0.25, 0.3) is 6.08 Å². The summed E-state index contributed by atoms with van der Waals surface area (Å²) in [7, 11) is 1.31. The second kappa shape index (κ2) is 5.83. The van der Waals surface area contributed by atoms with Crippen LogP contribution in [0.2, 0.25) is 0 Å². The first-order chi connectivity index (χ1) is 9.93. The Kier molecular flexibility index (Phi) is 4.12. The number of aryl methyl sites for hydroxylation is 2. The number of rotatable bonds is 4. The number of ketones is 1. The maximum Gasteiger partial charge on any atom is 0.339 e. The van der Waals surface area contributed by atoms with E-state index in [1.54, 1.807) is 26.0 Å². The zero-order valence-electron chi connectivity index (χ0n) is 12.4. The van der Waals surface area contributed by atoms with E-state index in [2.05, 4.69) is 4.98 Å². The van der Waals surface area contributed by atoms with Crippen LogP contribution in [0.3, 0.4) is 0 Å². The summed E-state index contributed by atoms with van der Waals surface area (Å²) in [5.74, 6) is 0.711. The van der Waals surface area contributed by atoms with E-state index in [1.807, 2.05) is 13.0 Å². The summed E-state index contributed by atoms with van der Waals surface area (Å²) in [6, 6.07) is 3.61. The molecule has 0 saturated carbocycles. The predicted octanol–water partition coefficient (Wildman–Crippen LogP) is 3.22. The highest BCUT2D eigenvalue weighted by molar-refractivity contribution is 6.08. The molecule has 0 saturated heterocycles. The lowest BCUT2D eigenvalue weighted by Gasteiger charge is -1.99. The van der Waals surface area contributed by atoms with Gasteiger partial charge in [0.1, 0.15) is 11.5 Å². The smallest absolute Gasteiger partial charge is 0.339 e. The standard InChI is InChI=1S/C16H17NO4/c1-9-5-6-12(21-9)7-8-13(18)15-10(2)14(11(3)17-15)16(19)20-4/h5-8,17H,1-4H3. The Morgan fingerprint density at radius 1 is 1.24 bits per heavy atom. The monoisotopic (exact) mass is 287 g/mol. The lowest BCUT2D eigenvalue weighted by molar-refractivity contribution is 0.0599. The van der Waals surface area contributed by atoms with Crippen LogP contribution in [0.15, 0.2) is 22.6 Å². The van der Waals surface area contributed by atoms with Crippen LogP contribution < -0.4 is 0 Å². The quantitative estimate of drug-likeness (QED) is 0.532. The molecule has 0 aromatic carbocycles. The number of carbonyl (C=O) groups excluding carboxylic acids is 2. The molecule has 0 atom stereocenters. The van der Waals surface area contributed by atoms with Gasteiger partial charge in [-0.25, -0.2) is 4.79 Å². The number of hydrogen-bond donors (Lipinski definition) is 1. The van der Waals surface area contributed by atoms with Gasteiger partial charge in [0.15, 0.2) is 0 Å². The van der Waals surface area contributed by atoms with Gasteiger partial charge in [-0.1, -0.05) is 0 Å². The minimum absolute atomic E-state index is 0.222. The molecule has 110 valence electrons. The lowest BCUT2D eigenvalue weighted by Crippen LogP contribution is -2.04. The Morgan fingerprint density at radius 2 is 1.95 bits per heavy atom. The number of methoxy groups -OCH3 is 1. The molecule has 0 aliphatic heterocycles. The van der Waals surface area contributed by atoms with Crippen molar-refractivity contribution < 1.29 is 18.7 Å². The van der Waals surface area contributed by atoms with Gasteiger partial charge >= 0.3 is 5.97 Å². The summed E-state index contributed by atoms with van der Waals surface area (Å²) in [5, 5.41) is 0. The zero-order chi connectivity index (χ0) is 15.6. The Hall–Kier alpha value is -2.56. The van der Waals surface area contributed by atoms with Crippen LogP contribution in [0.1, 0.15) is 43.6 Å². The second-order valence-electron chi connectivity index (χ2n) is 4.76. The molecule has 0 unspecified atom stereocenters.